The van der Waals surface area contributed by atoms with Gasteiger partial charge in [0.25, 0.3) is 0 Å². The molecule has 0 saturated heterocycles. The lowest BCUT2D eigenvalue weighted by Crippen LogP contribution is -2.37. The van der Waals surface area contributed by atoms with Gasteiger partial charge in [-0.3, -0.25) is 4.79 Å². The molecule has 6 nitrogen and oxygen atoms in total. The predicted octanol–water partition coefficient (Wildman–Crippen LogP) is 2.62. The molecule has 0 spiro atoms. The van der Waals surface area contributed by atoms with E-state index in [1.165, 1.54) is 0 Å². The Hall–Kier alpha value is -2.37. The molecule has 2 N–H and O–H groups in total. The maximum Gasteiger partial charge on any atom is 0.242 e. The second kappa shape index (κ2) is 7.06. The van der Waals surface area contributed by atoms with Crippen LogP contribution in [0, 0.1) is 6.92 Å². The van der Waals surface area contributed by atoms with E-state index in [9.17, 15) is 4.79 Å². The third-order valence-corrected chi connectivity index (χ3v) is 3.16. The maximum absolute atomic E-state index is 12.1. The van der Waals surface area contributed by atoms with E-state index >= 15 is 0 Å². The van der Waals surface area contributed by atoms with Gasteiger partial charge >= 0.3 is 0 Å². The summed E-state index contributed by atoms with van der Waals surface area (Å²) >= 11 is 0. The molecule has 2 heterocycles. The number of amides is 1. The summed E-state index contributed by atoms with van der Waals surface area (Å²) in [5, 5.41) is 5.93. The number of hydrogen-bond donors (Lipinski definition) is 2. The molecule has 1 atom stereocenters. The van der Waals surface area contributed by atoms with Crippen molar-refractivity contribution >= 4 is 11.7 Å². The third-order valence-electron chi connectivity index (χ3n) is 3.16. The topological polar surface area (TPSA) is 80.0 Å². The molecule has 0 saturated carbocycles. The van der Waals surface area contributed by atoms with Crippen molar-refractivity contribution in [1.82, 2.24) is 15.3 Å². The lowest BCUT2D eigenvalue weighted by atomic mass is 10.2. The average molecular weight is 302 g/mol. The van der Waals surface area contributed by atoms with Gasteiger partial charge in [0, 0.05) is 17.7 Å². The Kier molecular flexibility index (Phi) is 5.14. The van der Waals surface area contributed by atoms with Gasteiger partial charge in [0.05, 0.1) is 12.8 Å². The van der Waals surface area contributed by atoms with Crippen molar-refractivity contribution in [2.75, 3.05) is 5.32 Å². The molecule has 0 aliphatic rings. The minimum Gasteiger partial charge on any atom is -0.467 e. The molecule has 2 aromatic rings. The van der Waals surface area contributed by atoms with Gasteiger partial charge in [-0.05, 0) is 26.0 Å². The maximum atomic E-state index is 12.1. The average Bonchev–Trinajstić information content (AvgIpc) is 2.97. The summed E-state index contributed by atoms with van der Waals surface area (Å²) in [5.41, 5.74) is 0.879. The van der Waals surface area contributed by atoms with E-state index < -0.39 is 6.04 Å². The standard InChI is InChI=1S/C16H22N4O2/c1-10(2)15-18-11(3)8-14(20-15)19-12(4)16(21)17-9-13-6-5-7-22-13/h5-8,10,12H,9H2,1-4H3,(H,17,21)(H,18,19,20). The van der Waals surface area contributed by atoms with Crippen LogP contribution in [0.3, 0.4) is 0 Å². The molecule has 0 aliphatic heterocycles. The van der Waals surface area contributed by atoms with E-state index in [1.807, 2.05) is 32.9 Å². The first-order valence-electron chi connectivity index (χ1n) is 7.38. The van der Waals surface area contributed by atoms with E-state index in [0.717, 1.165) is 17.3 Å². The number of carbonyl (C=O) groups is 1. The fraction of sp³-hybridized carbons (Fsp3) is 0.438. The van der Waals surface area contributed by atoms with Gasteiger partial charge in [0.1, 0.15) is 23.4 Å². The Labute approximate surface area is 130 Å². The summed E-state index contributed by atoms with van der Waals surface area (Å²) in [4.78, 5) is 20.9. The number of carbonyl (C=O) groups excluding carboxylic acids is 1. The number of aromatic nitrogens is 2. The molecule has 0 radical (unpaired) electrons. The number of nitrogens with zero attached hydrogens (tertiary/aromatic N) is 2. The summed E-state index contributed by atoms with van der Waals surface area (Å²) in [6, 6.07) is 5.05. The van der Waals surface area contributed by atoms with Crippen LogP contribution in [0.4, 0.5) is 5.82 Å². The highest BCUT2D eigenvalue weighted by molar-refractivity contribution is 5.83. The SMILES string of the molecule is Cc1cc(NC(C)C(=O)NCc2ccco2)nc(C(C)C)n1. The number of furan rings is 1. The molecular weight excluding hydrogens is 280 g/mol. The summed E-state index contributed by atoms with van der Waals surface area (Å²) in [6.07, 6.45) is 1.58. The van der Waals surface area contributed by atoms with Crippen molar-refractivity contribution in [3.05, 3.63) is 41.7 Å². The normalized spacial score (nSPS) is 12.2. The van der Waals surface area contributed by atoms with Gasteiger partial charge in [0.2, 0.25) is 5.91 Å². The quantitative estimate of drug-likeness (QED) is 0.857. The highest BCUT2D eigenvalue weighted by Gasteiger charge is 2.14. The first kappa shape index (κ1) is 16.0. The van der Waals surface area contributed by atoms with E-state index in [4.69, 9.17) is 4.42 Å². The van der Waals surface area contributed by atoms with Crippen molar-refractivity contribution in [3.63, 3.8) is 0 Å². The fourth-order valence-electron chi connectivity index (χ4n) is 1.95. The summed E-state index contributed by atoms with van der Waals surface area (Å²) in [6.45, 7) is 8.17. The molecule has 22 heavy (non-hydrogen) atoms. The van der Waals surface area contributed by atoms with Crippen LogP contribution in [0.25, 0.3) is 0 Å². The number of rotatable bonds is 6. The van der Waals surface area contributed by atoms with Crippen molar-refractivity contribution in [2.45, 2.75) is 46.2 Å². The van der Waals surface area contributed by atoms with Gasteiger partial charge in [-0.15, -0.1) is 0 Å². The number of nitrogens with one attached hydrogen (secondary N) is 2. The molecular formula is C16H22N4O2. The Bertz CT molecular complexity index is 623. The first-order chi connectivity index (χ1) is 10.5. The Morgan fingerprint density at radius 2 is 2.09 bits per heavy atom. The van der Waals surface area contributed by atoms with Crippen molar-refractivity contribution in [2.24, 2.45) is 0 Å². The number of hydrogen-bond acceptors (Lipinski definition) is 5. The second-order valence-corrected chi connectivity index (χ2v) is 5.57. The predicted molar refractivity (Wildman–Crippen MR) is 84.5 cm³/mol. The Balaban J connectivity index is 1.95. The van der Waals surface area contributed by atoms with Crippen LogP contribution in [0.1, 0.15) is 44.0 Å². The van der Waals surface area contributed by atoms with Crippen LogP contribution in [-0.4, -0.2) is 21.9 Å². The molecule has 6 heteroatoms. The lowest BCUT2D eigenvalue weighted by Gasteiger charge is -2.15. The van der Waals surface area contributed by atoms with Crippen molar-refractivity contribution in [3.8, 4) is 0 Å². The van der Waals surface area contributed by atoms with Gasteiger partial charge in [-0.2, -0.15) is 0 Å². The van der Waals surface area contributed by atoms with Crippen LogP contribution < -0.4 is 10.6 Å². The van der Waals surface area contributed by atoms with Gasteiger partial charge in [0.15, 0.2) is 0 Å². The molecule has 2 aromatic heterocycles. The minimum absolute atomic E-state index is 0.112. The second-order valence-electron chi connectivity index (χ2n) is 5.57. The number of aryl methyl sites for hydroxylation is 1. The molecule has 0 aliphatic carbocycles. The van der Waals surface area contributed by atoms with Crippen LogP contribution in [0.15, 0.2) is 28.9 Å². The lowest BCUT2D eigenvalue weighted by molar-refractivity contribution is -0.121. The minimum atomic E-state index is -0.399. The fourth-order valence-corrected chi connectivity index (χ4v) is 1.95. The van der Waals surface area contributed by atoms with Gasteiger partial charge in [-0.1, -0.05) is 13.8 Å². The summed E-state index contributed by atoms with van der Waals surface area (Å²) in [7, 11) is 0. The smallest absolute Gasteiger partial charge is 0.242 e. The molecule has 0 bridgehead atoms. The Morgan fingerprint density at radius 1 is 1.32 bits per heavy atom. The van der Waals surface area contributed by atoms with Gasteiger partial charge < -0.3 is 15.1 Å². The molecule has 1 amide bonds. The van der Waals surface area contributed by atoms with Gasteiger partial charge in [-0.25, -0.2) is 9.97 Å². The zero-order chi connectivity index (χ0) is 16.1. The molecule has 118 valence electrons. The molecule has 1 unspecified atom stereocenters. The summed E-state index contributed by atoms with van der Waals surface area (Å²) < 4.78 is 5.18. The van der Waals surface area contributed by atoms with Crippen LogP contribution >= 0.6 is 0 Å². The van der Waals surface area contributed by atoms with E-state index in [-0.39, 0.29) is 11.8 Å². The summed E-state index contributed by atoms with van der Waals surface area (Å²) in [5.74, 6) is 2.28. The zero-order valence-electron chi connectivity index (χ0n) is 13.4. The third kappa shape index (κ3) is 4.31. The van der Waals surface area contributed by atoms with Crippen LogP contribution in [-0.2, 0) is 11.3 Å². The number of anilines is 1. The van der Waals surface area contributed by atoms with Crippen LogP contribution in [0.2, 0.25) is 0 Å². The highest BCUT2D eigenvalue weighted by atomic mass is 16.3. The zero-order valence-corrected chi connectivity index (χ0v) is 13.4. The van der Waals surface area contributed by atoms with Crippen molar-refractivity contribution < 1.29 is 9.21 Å². The Morgan fingerprint density at radius 3 is 2.73 bits per heavy atom. The van der Waals surface area contributed by atoms with E-state index in [0.29, 0.717) is 12.4 Å². The van der Waals surface area contributed by atoms with E-state index in [1.54, 1.807) is 19.3 Å². The monoisotopic (exact) mass is 302 g/mol. The van der Waals surface area contributed by atoms with E-state index in [2.05, 4.69) is 20.6 Å². The van der Waals surface area contributed by atoms with Crippen molar-refractivity contribution in [1.29, 1.82) is 0 Å². The first-order valence-corrected chi connectivity index (χ1v) is 7.38. The van der Waals surface area contributed by atoms with Crippen LogP contribution in [0.5, 0.6) is 0 Å². The largest absolute Gasteiger partial charge is 0.467 e. The molecule has 0 fully saturated rings. The molecule has 0 aromatic carbocycles. The molecule has 2 rings (SSSR count). The highest BCUT2D eigenvalue weighted by Crippen LogP contribution is 2.14.